The molecule has 0 aliphatic rings. The second-order valence-corrected chi connectivity index (χ2v) is 6.30. The SMILES string of the molecule is COc1cccc(CNc2nc(Nc3cccc(CCO)c3)ncc2Cl)c1. The van der Waals surface area contributed by atoms with Crippen LogP contribution in [0.15, 0.2) is 54.7 Å². The van der Waals surface area contributed by atoms with Gasteiger partial charge in [-0.3, -0.25) is 0 Å². The summed E-state index contributed by atoms with van der Waals surface area (Å²) in [6.07, 6.45) is 2.16. The number of benzene rings is 2. The molecule has 3 aromatic rings. The maximum atomic E-state index is 9.08. The molecule has 1 aromatic heterocycles. The number of rotatable bonds is 8. The van der Waals surface area contributed by atoms with Crippen LogP contribution in [0.25, 0.3) is 0 Å². The highest BCUT2D eigenvalue weighted by atomic mass is 35.5. The summed E-state index contributed by atoms with van der Waals surface area (Å²) >= 11 is 6.22. The Hall–Kier alpha value is -2.83. The van der Waals surface area contributed by atoms with Gasteiger partial charge in [-0.15, -0.1) is 0 Å². The van der Waals surface area contributed by atoms with E-state index in [0.29, 0.717) is 29.8 Å². The molecule has 0 radical (unpaired) electrons. The van der Waals surface area contributed by atoms with Crippen molar-refractivity contribution in [2.24, 2.45) is 0 Å². The summed E-state index contributed by atoms with van der Waals surface area (Å²) in [6, 6.07) is 15.5. The third kappa shape index (κ3) is 5.32. The number of anilines is 3. The van der Waals surface area contributed by atoms with Gasteiger partial charge in [0.2, 0.25) is 5.95 Å². The zero-order valence-corrected chi connectivity index (χ0v) is 15.7. The Bertz CT molecular complexity index is 905. The van der Waals surface area contributed by atoms with E-state index in [0.717, 1.165) is 22.6 Å². The van der Waals surface area contributed by atoms with Crippen molar-refractivity contribution in [2.75, 3.05) is 24.4 Å². The van der Waals surface area contributed by atoms with E-state index in [9.17, 15) is 0 Å². The number of nitrogens with zero attached hydrogens (tertiary/aromatic N) is 2. The number of ether oxygens (including phenoxy) is 1. The minimum atomic E-state index is 0.110. The number of aliphatic hydroxyl groups is 1. The first-order chi connectivity index (χ1) is 13.2. The summed E-state index contributed by atoms with van der Waals surface area (Å²) in [7, 11) is 1.64. The van der Waals surface area contributed by atoms with Crippen LogP contribution in [0.5, 0.6) is 5.75 Å². The average molecular weight is 385 g/mol. The summed E-state index contributed by atoms with van der Waals surface area (Å²) < 4.78 is 5.24. The van der Waals surface area contributed by atoms with Crippen LogP contribution in [-0.2, 0) is 13.0 Å². The molecule has 0 saturated heterocycles. The second-order valence-electron chi connectivity index (χ2n) is 5.89. The van der Waals surface area contributed by atoms with Crippen LogP contribution in [0.1, 0.15) is 11.1 Å². The van der Waals surface area contributed by atoms with Crippen molar-refractivity contribution in [1.82, 2.24) is 9.97 Å². The molecule has 0 aliphatic heterocycles. The fraction of sp³-hybridized carbons (Fsp3) is 0.200. The monoisotopic (exact) mass is 384 g/mol. The fourth-order valence-electron chi connectivity index (χ4n) is 2.58. The van der Waals surface area contributed by atoms with Gasteiger partial charge in [-0.2, -0.15) is 4.98 Å². The first-order valence-electron chi connectivity index (χ1n) is 8.54. The normalized spacial score (nSPS) is 10.5. The van der Waals surface area contributed by atoms with Gasteiger partial charge in [0, 0.05) is 18.8 Å². The molecule has 0 aliphatic carbocycles. The highest BCUT2D eigenvalue weighted by Gasteiger charge is 2.07. The Morgan fingerprint density at radius 2 is 1.93 bits per heavy atom. The lowest BCUT2D eigenvalue weighted by Crippen LogP contribution is -2.05. The number of methoxy groups -OCH3 is 1. The van der Waals surface area contributed by atoms with Gasteiger partial charge in [0.1, 0.15) is 10.8 Å². The molecule has 0 fully saturated rings. The van der Waals surface area contributed by atoms with Crippen molar-refractivity contribution < 1.29 is 9.84 Å². The minimum Gasteiger partial charge on any atom is -0.497 e. The van der Waals surface area contributed by atoms with Gasteiger partial charge in [0.15, 0.2) is 5.82 Å². The van der Waals surface area contributed by atoms with Crippen molar-refractivity contribution in [1.29, 1.82) is 0 Å². The molecular weight excluding hydrogens is 364 g/mol. The Morgan fingerprint density at radius 3 is 2.74 bits per heavy atom. The van der Waals surface area contributed by atoms with Gasteiger partial charge in [-0.05, 0) is 41.8 Å². The number of aromatic nitrogens is 2. The van der Waals surface area contributed by atoms with E-state index >= 15 is 0 Å². The molecule has 3 N–H and O–H groups in total. The number of aliphatic hydroxyl groups excluding tert-OH is 1. The van der Waals surface area contributed by atoms with E-state index in [1.807, 2.05) is 48.5 Å². The zero-order valence-electron chi connectivity index (χ0n) is 14.9. The quantitative estimate of drug-likeness (QED) is 0.544. The van der Waals surface area contributed by atoms with Crippen LogP contribution in [0, 0.1) is 0 Å². The van der Waals surface area contributed by atoms with Gasteiger partial charge in [-0.1, -0.05) is 35.9 Å². The van der Waals surface area contributed by atoms with Crippen molar-refractivity contribution in [3.63, 3.8) is 0 Å². The third-order valence-corrected chi connectivity index (χ3v) is 4.20. The van der Waals surface area contributed by atoms with E-state index in [2.05, 4.69) is 20.6 Å². The van der Waals surface area contributed by atoms with Crippen molar-refractivity contribution in [3.8, 4) is 5.75 Å². The lowest BCUT2D eigenvalue weighted by atomic mass is 10.1. The third-order valence-electron chi connectivity index (χ3n) is 3.92. The second kappa shape index (κ2) is 9.21. The van der Waals surface area contributed by atoms with E-state index in [4.69, 9.17) is 21.4 Å². The summed E-state index contributed by atoms with van der Waals surface area (Å²) in [4.78, 5) is 8.68. The molecule has 2 aromatic carbocycles. The van der Waals surface area contributed by atoms with Crippen molar-refractivity contribution in [3.05, 3.63) is 70.9 Å². The fourth-order valence-corrected chi connectivity index (χ4v) is 2.74. The summed E-state index contributed by atoms with van der Waals surface area (Å²) in [5.41, 5.74) is 2.94. The highest BCUT2D eigenvalue weighted by Crippen LogP contribution is 2.23. The number of hydrogen-bond acceptors (Lipinski definition) is 6. The van der Waals surface area contributed by atoms with Crippen molar-refractivity contribution >= 4 is 29.1 Å². The summed E-state index contributed by atoms with van der Waals surface area (Å²) in [5.74, 6) is 1.78. The van der Waals surface area contributed by atoms with Crippen LogP contribution in [0.3, 0.4) is 0 Å². The van der Waals surface area contributed by atoms with E-state index in [-0.39, 0.29) is 6.61 Å². The van der Waals surface area contributed by atoms with E-state index in [1.165, 1.54) is 0 Å². The summed E-state index contributed by atoms with van der Waals surface area (Å²) in [6.45, 7) is 0.665. The Morgan fingerprint density at radius 1 is 1.11 bits per heavy atom. The number of hydrogen-bond donors (Lipinski definition) is 3. The van der Waals surface area contributed by atoms with Crippen LogP contribution < -0.4 is 15.4 Å². The minimum absolute atomic E-state index is 0.110. The molecule has 27 heavy (non-hydrogen) atoms. The van der Waals surface area contributed by atoms with E-state index in [1.54, 1.807) is 13.3 Å². The van der Waals surface area contributed by atoms with Crippen LogP contribution >= 0.6 is 11.6 Å². The first-order valence-corrected chi connectivity index (χ1v) is 8.92. The predicted octanol–water partition coefficient (Wildman–Crippen LogP) is 4.03. The average Bonchev–Trinajstić information content (AvgIpc) is 2.69. The van der Waals surface area contributed by atoms with Crippen LogP contribution in [0.4, 0.5) is 17.5 Å². The lowest BCUT2D eigenvalue weighted by molar-refractivity contribution is 0.299. The van der Waals surface area contributed by atoms with Gasteiger partial charge < -0.3 is 20.5 Å². The molecular formula is C20H21ClN4O2. The van der Waals surface area contributed by atoms with Gasteiger partial charge in [0.25, 0.3) is 0 Å². The highest BCUT2D eigenvalue weighted by molar-refractivity contribution is 6.32. The smallest absolute Gasteiger partial charge is 0.229 e. The van der Waals surface area contributed by atoms with Crippen LogP contribution in [-0.4, -0.2) is 28.8 Å². The Balaban J connectivity index is 1.71. The van der Waals surface area contributed by atoms with Gasteiger partial charge in [-0.25, -0.2) is 4.98 Å². The molecule has 6 nitrogen and oxygen atoms in total. The number of nitrogens with one attached hydrogen (secondary N) is 2. The lowest BCUT2D eigenvalue weighted by Gasteiger charge is -2.11. The maximum absolute atomic E-state index is 9.08. The molecule has 0 saturated carbocycles. The molecule has 0 bridgehead atoms. The molecule has 0 spiro atoms. The zero-order chi connectivity index (χ0) is 19.1. The van der Waals surface area contributed by atoms with Crippen LogP contribution in [0.2, 0.25) is 5.02 Å². The molecule has 0 atom stereocenters. The largest absolute Gasteiger partial charge is 0.497 e. The molecule has 140 valence electrons. The topological polar surface area (TPSA) is 79.3 Å². The molecule has 7 heteroatoms. The predicted molar refractivity (Wildman–Crippen MR) is 108 cm³/mol. The molecule has 1 heterocycles. The maximum Gasteiger partial charge on any atom is 0.229 e. The Kier molecular flexibility index (Phi) is 6.46. The number of halogens is 1. The summed E-state index contributed by atoms with van der Waals surface area (Å²) in [5, 5.41) is 15.9. The molecule has 0 amide bonds. The first kappa shape index (κ1) is 18.9. The van der Waals surface area contributed by atoms with Crippen molar-refractivity contribution in [2.45, 2.75) is 13.0 Å². The van der Waals surface area contributed by atoms with Gasteiger partial charge >= 0.3 is 0 Å². The van der Waals surface area contributed by atoms with Gasteiger partial charge in [0.05, 0.1) is 13.3 Å². The van der Waals surface area contributed by atoms with E-state index < -0.39 is 0 Å². The standard InChI is InChI=1S/C20H21ClN4O2/c1-27-17-7-3-5-15(11-17)12-22-19-18(21)13-23-20(25-19)24-16-6-2-4-14(10-16)8-9-26/h2-7,10-11,13,26H,8-9,12H2,1H3,(H2,22,23,24,25). The Labute approximate surface area is 163 Å². The molecule has 3 rings (SSSR count). The molecule has 0 unspecified atom stereocenters.